The Hall–Kier alpha value is -4.12. The van der Waals surface area contributed by atoms with Crippen LogP contribution in [0.1, 0.15) is 73.1 Å². The maximum Gasteiger partial charge on any atom is 0.417 e. The second-order valence-electron chi connectivity index (χ2n) is 8.15. The van der Waals surface area contributed by atoms with E-state index < -0.39 is 23.5 Å². The molecule has 0 atom stereocenters. The fourth-order valence-electron chi connectivity index (χ4n) is 3.10. The van der Waals surface area contributed by atoms with Crippen LogP contribution >= 0.6 is 0 Å². The van der Waals surface area contributed by atoms with E-state index in [2.05, 4.69) is 23.6 Å². The molecule has 202 valence electrons. The van der Waals surface area contributed by atoms with Crippen molar-refractivity contribution in [2.45, 2.75) is 46.7 Å². The maximum absolute atomic E-state index is 13.4. The van der Waals surface area contributed by atoms with Crippen molar-refractivity contribution in [1.29, 1.82) is 0 Å². The molecule has 0 aliphatic heterocycles. The number of hydrogen-bond donors (Lipinski definition) is 1. The van der Waals surface area contributed by atoms with Crippen molar-refractivity contribution in [3.05, 3.63) is 99.5 Å². The van der Waals surface area contributed by atoms with Gasteiger partial charge in [0.15, 0.2) is 0 Å². The zero-order chi connectivity index (χ0) is 28.7. The summed E-state index contributed by atoms with van der Waals surface area (Å²) in [5.74, 6) is 4.43. The average Bonchev–Trinajstić information content (AvgIpc) is 2.85. The van der Waals surface area contributed by atoms with Crippen molar-refractivity contribution in [3.63, 3.8) is 0 Å². The number of esters is 1. The molecule has 2 aromatic carbocycles. The quantitative estimate of drug-likeness (QED) is 0.124. The number of allylic oxidation sites excluding steroid dienone is 4. The normalized spacial score (nSPS) is 11.2. The van der Waals surface area contributed by atoms with Crippen LogP contribution in [0.5, 0.6) is 5.75 Å². The maximum atomic E-state index is 13.4. The molecule has 8 heteroatoms. The molecule has 2 aromatic rings. The average molecular weight is 528 g/mol. The van der Waals surface area contributed by atoms with E-state index in [4.69, 9.17) is 4.74 Å². The van der Waals surface area contributed by atoms with Crippen LogP contribution in [0.2, 0.25) is 0 Å². The predicted molar refractivity (Wildman–Crippen MR) is 145 cm³/mol. The first kappa shape index (κ1) is 31.9. The van der Waals surface area contributed by atoms with Crippen LogP contribution in [0.3, 0.4) is 0 Å². The minimum Gasteiger partial charge on any atom is -0.508 e. The summed E-state index contributed by atoms with van der Waals surface area (Å²) in [6.07, 6.45) is 2.74. The molecule has 2 rings (SSSR count). The van der Waals surface area contributed by atoms with Crippen LogP contribution in [0, 0.1) is 16.7 Å². The standard InChI is InChI=1S/C26H25F3O3.C4H7NO/c1-4-7-9-18(8-5-2)23-16-21(25(31)32-6-3)13-11-19(23)10-12-20-14-15-22(30)17-24(20)26(27,28)29;1-4(2)3-5-6/h5,8-9,11,13-17,30H,4,6-7H2,1-3H3;1,3H2,2H3/b8-5-,18-9+;. The molecular weight excluding hydrogens is 495 g/mol. The number of carbonyl (C=O) groups is 1. The van der Waals surface area contributed by atoms with Gasteiger partial charge in [-0.05, 0) is 74.7 Å². The smallest absolute Gasteiger partial charge is 0.417 e. The highest BCUT2D eigenvalue weighted by Gasteiger charge is 2.33. The minimum absolute atomic E-state index is 0.226. The molecule has 0 unspecified atom stereocenters. The number of benzene rings is 2. The number of nitrogens with zero attached hydrogens (tertiary/aromatic N) is 1. The molecule has 0 saturated heterocycles. The van der Waals surface area contributed by atoms with Crippen molar-refractivity contribution >= 4 is 11.5 Å². The molecule has 0 amide bonds. The molecule has 0 aromatic heterocycles. The van der Waals surface area contributed by atoms with Gasteiger partial charge in [0.1, 0.15) is 12.3 Å². The summed E-state index contributed by atoms with van der Waals surface area (Å²) in [6.45, 7) is 11.3. The Morgan fingerprint density at radius 3 is 2.32 bits per heavy atom. The van der Waals surface area contributed by atoms with Gasteiger partial charge < -0.3 is 9.84 Å². The van der Waals surface area contributed by atoms with Crippen LogP contribution in [0.15, 0.2) is 72.0 Å². The van der Waals surface area contributed by atoms with Crippen LogP contribution in [0.25, 0.3) is 5.57 Å². The van der Waals surface area contributed by atoms with Gasteiger partial charge in [0, 0.05) is 11.1 Å². The fourth-order valence-corrected chi connectivity index (χ4v) is 3.10. The highest BCUT2D eigenvalue weighted by molar-refractivity contribution is 5.92. The first-order chi connectivity index (χ1) is 18.0. The van der Waals surface area contributed by atoms with E-state index in [1.807, 2.05) is 32.1 Å². The van der Waals surface area contributed by atoms with Crippen LogP contribution in [-0.4, -0.2) is 24.2 Å². The van der Waals surface area contributed by atoms with Gasteiger partial charge in [-0.1, -0.05) is 60.7 Å². The number of carbonyl (C=O) groups excluding carboxylic acids is 1. The van der Waals surface area contributed by atoms with Crippen LogP contribution in [-0.2, 0) is 10.9 Å². The van der Waals surface area contributed by atoms with E-state index in [-0.39, 0.29) is 18.7 Å². The van der Waals surface area contributed by atoms with Gasteiger partial charge in [-0.2, -0.15) is 18.1 Å². The Kier molecular flexibility index (Phi) is 13.3. The number of nitroso groups, excluding NO2 is 1. The lowest BCUT2D eigenvalue weighted by molar-refractivity contribution is -0.137. The van der Waals surface area contributed by atoms with Crippen molar-refractivity contribution in [1.82, 2.24) is 0 Å². The van der Waals surface area contributed by atoms with Crippen molar-refractivity contribution in [2.75, 3.05) is 13.2 Å². The Balaban J connectivity index is 0.00000107. The number of rotatable bonds is 8. The Morgan fingerprint density at radius 2 is 1.79 bits per heavy atom. The molecule has 0 fully saturated rings. The van der Waals surface area contributed by atoms with E-state index in [1.165, 1.54) is 0 Å². The number of phenols is 1. The van der Waals surface area contributed by atoms with Crippen LogP contribution in [0.4, 0.5) is 13.2 Å². The van der Waals surface area contributed by atoms with Gasteiger partial charge in [0.05, 0.1) is 17.7 Å². The number of ether oxygens (including phenoxy) is 1. The number of phenolic OH excluding ortho intramolecular Hbond substituents is 1. The molecule has 1 N–H and O–H groups in total. The lowest BCUT2D eigenvalue weighted by Crippen LogP contribution is -2.07. The zero-order valence-electron chi connectivity index (χ0n) is 22.0. The van der Waals surface area contributed by atoms with E-state index in [1.54, 1.807) is 32.0 Å². The number of unbranched alkanes of at least 4 members (excludes halogenated alkanes) is 1. The van der Waals surface area contributed by atoms with E-state index in [0.717, 1.165) is 36.1 Å². The van der Waals surface area contributed by atoms with Gasteiger partial charge in [-0.25, -0.2) is 4.79 Å². The monoisotopic (exact) mass is 527 g/mol. The molecule has 0 heterocycles. The number of hydrogen-bond acceptors (Lipinski definition) is 5. The van der Waals surface area contributed by atoms with Crippen molar-refractivity contribution in [2.24, 2.45) is 5.18 Å². The lowest BCUT2D eigenvalue weighted by atomic mass is 9.95. The van der Waals surface area contributed by atoms with E-state index in [0.29, 0.717) is 22.8 Å². The molecule has 38 heavy (non-hydrogen) atoms. The topological polar surface area (TPSA) is 76.0 Å². The Bertz CT molecular complexity index is 1250. The highest BCUT2D eigenvalue weighted by atomic mass is 19.4. The Labute approximate surface area is 221 Å². The predicted octanol–water partition coefficient (Wildman–Crippen LogP) is 8.08. The number of alkyl halides is 3. The molecule has 0 spiro atoms. The van der Waals surface area contributed by atoms with Gasteiger partial charge >= 0.3 is 12.1 Å². The molecule has 0 aliphatic rings. The van der Waals surface area contributed by atoms with Gasteiger partial charge in [0.2, 0.25) is 0 Å². The summed E-state index contributed by atoms with van der Waals surface area (Å²) in [5.41, 5.74) is 1.80. The van der Waals surface area contributed by atoms with Crippen molar-refractivity contribution in [3.8, 4) is 17.6 Å². The summed E-state index contributed by atoms with van der Waals surface area (Å²) in [5, 5.41) is 12.0. The minimum atomic E-state index is -4.66. The lowest BCUT2D eigenvalue weighted by Gasteiger charge is -2.11. The van der Waals surface area contributed by atoms with Gasteiger partial charge in [0.25, 0.3) is 0 Å². The Morgan fingerprint density at radius 1 is 1.13 bits per heavy atom. The highest BCUT2D eigenvalue weighted by Crippen LogP contribution is 2.34. The summed E-state index contributed by atoms with van der Waals surface area (Å²) in [7, 11) is 0. The first-order valence-electron chi connectivity index (χ1n) is 12.0. The van der Waals surface area contributed by atoms with Gasteiger partial charge in [-0.15, -0.1) is 0 Å². The van der Waals surface area contributed by atoms with Crippen molar-refractivity contribution < 1.29 is 27.8 Å². The molecular formula is C30H32F3NO4. The first-order valence-corrected chi connectivity index (χ1v) is 12.0. The third kappa shape index (κ3) is 10.5. The third-order valence-corrected chi connectivity index (χ3v) is 4.82. The molecule has 0 saturated carbocycles. The fraction of sp³-hybridized carbons (Fsp3) is 0.300. The second kappa shape index (κ2) is 15.9. The largest absolute Gasteiger partial charge is 0.508 e. The van der Waals surface area contributed by atoms with E-state index >= 15 is 0 Å². The van der Waals surface area contributed by atoms with E-state index in [9.17, 15) is 28.0 Å². The van der Waals surface area contributed by atoms with Crippen LogP contribution < -0.4 is 0 Å². The zero-order valence-corrected chi connectivity index (χ0v) is 22.0. The number of aromatic hydroxyl groups is 1. The summed E-state index contributed by atoms with van der Waals surface area (Å²) in [6, 6.07) is 7.74. The molecule has 5 nitrogen and oxygen atoms in total. The molecule has 0 bridgehead atoms. The number of halogens is 3. The molecule has 0 aliphatic carbocycles. The summed E-state index contributed by atoms with van der Waals surface area (Å²) in [4.78, 5) is 21.5. The van der Waals surface area contributed by atoms with Gasteiger partial charge in [-0.3, -0.25) is 0 Å². The third-order valence-electron chi connectivity index (χ3n) is 4.82. The summed E-state index contributed by atoms with van der Waals surface area (Å²) < 4.78 is 45.2. The summed E-state index contributed by atoms with van der Waals surface area (Å²) >= 11 is 0. The second-order valence-corrected chi connectivity index (χ2v) is 8.15. The molecule has 0 radical (unpaired) electrons. The SMILES string of the molecule is C/C=C\C(=C/CCC)c1cc(C(=O)OCC)ccc1C#Cc1ccc(O)cc1C(F)(F)F.C=C(C)CN=O.